The van der Waals surface area contributed by atoms with E-state index in [9.17, 15) is 4.79 Å². The summed E-state index contributed by atoms with van der Waals surface area (Å²) in [5, 5.41) is 0.645. The first-order valence-corrected chi connectivity index (χ1v) is 6.17. The van der Waals surface area contributed by atoms with E-state index in [1.807, 2.05) is 25.1 Å². The second-order valence-electron chi connectivity index (χ2n) is 4.39. The van der Waals surface area contributed by atoms with Crippen molar-refractivity contribution in [3.63, 3.8) is 0 Å². The third-order valence-electron chi connectivity index (χ3n) is 3.12. The quantitative estimate of drug-likeness (QED) is 0.685. The average Bonchev–Trinajstić information content (AvgIpc) is 2.81. The molecular formula is C14H11ClN2O2. The van der Waals surface area contributed by atoms with Crippen LogP contribution in [-0.2, 0) is 7.05 Å². The van der Waals surface area contributed by atoms with E-state index in [0.717, 1.165) is 11.3 Å². The number of nitrogens with zero attached hydrogens (tertiary/aromatic N) is 2. The molecule has 0 fully saturated rings. The van der Waals surface area contributed by atoms with Crippen molar-refractivity contribution in [2.24, 2.45) is 7.05 Å². The molecule has 2 aromatic heterocycles. The normalized spacial score (nSPS) is 11.1. The highest BCUT2D eigenvalue weighted by molar-refractivity contribution is 6.30. The summed E-state index contributed by atoms with van der Waals surface area (Å²) in [7, 11) is 1.72. The van der Waals surface area contributed by atoms with Crippen LogP contribution in [0.1, 0.15) is 5.69 Å². The maximum atomic E-state index is 12.1. The lowest BCUT2D eigenvalue weighted by molar-refractivity contribution is 0.618. The molecule has 0 bridgehead atoms. The van der Waals surface area contributed by atoms with Gasteiger partial charge >= 0.3 is 0 Å². The smallest absolute Gasteiger partial charge is 0.280 e. The molecule has 3 rings (SSSR count). The fourth-order valence-electron chi connectivity index (χ4n) is 1.90. The van der Waals surface area contributed by atoms with Crippen molar-refractivity contribution < 1.29 is 4.42 Å². The Bertz CT molecular complexity index is 816. The van der Waals surface area contributed by atoms with Crippen LogP contribution in [0.15, 0.2) is 39.5 Å². The Morgan fingerprint density at radius 2 is 1.95 bits per heavy atom. The highest BCUT2D eigenvalue weighted by Gasteiger charge is 2.13. The number of rotatable bonds is 1. The Balaban J connectivity index is 2.25. The molecule has 0 atom stereocenters. The van der Waals surface area contributed by atoms with Gasteiger partial charge in [0.25, 0.3) is 5.56 Å². The lowest BCUT2D eigenvalue weighted by Gasteiger charge is -2.00. The standard InChI is InChI=1S/C14H11ClN2O2/c1-8-7-11-12(14(18)17(8)2)16-13(19-11)9-3-5-10(15)6-4-9/h3-7H,1-2H3. The van der Waals surface area contributed by atoms with E-state index in [0.29, 0.717) is 22.0 Å². The summed E-state index contributed by atoms with van der Waals surface area (Å²) in [6.07, 6.45) is 0. The van der Waals surface area contributed by atoms with Crippen molar-refractivity contribution in [2.45, 2.75) is 6.92 Å². The zero-order valence-electron chi connectivity index (χ0n) is 10.5. The lowest BCUT2D eigenvalue weighted by atomic mass is 10.2. The van der Waals surface area contributed by atoms with Gasteiger partial charge in [-0.25, -0.2) is 4.98 Å². The van der Waals surface area contributed by atoms with Gasteiger partial charge in [-0.1, -0.05) is 11.6 Å². The first-order chi connectivity index (χ1) is 9.06. The van der Waals surface area contributed by atoms with Crippen molar-refractivity contribution in [3.05, 3.63) is 51.4 Å². The summed E-state index contributed by atoms with van der Waals surface area (Å²) < 4.78 is 7.20. The summed E-state index contributed by atoms with van der Waals surface area (Å²) in [4.78, 5) is 16.3. The van der Waals surface area contributed by atoms with E-state index >= 15 is 0 Å². The molecule has 0 N–H and O–H groups in total. The Hall–Kier alpha value is -2.07. The number of hydrogen-bond acceptors (Lipinski definition) is 3. The average molecular weight is 275 g/mol. The van der Waals surface area contributed by atoms with Crippen LogP contribution in [0.25, 0.3) is 22.6 Å². The van der Waals surface area contributed by atoms with E-state index in [4.69, 9.17) is 16.0 Å². The fraction of sp³-hybridized carbons (Fsp3) is 0.143. The number of fused-ring (bicyclic) bond motifs is 1. The molecule has 0 saturated carbocycles. The van der Waals surface area contributed by atoms with Gasteiger partial charge in [0, 0.05) is 29.4 Å². The Morgan fingerprint density at radius 1 is 1.26 bits per heavy atom. The summed E-state index contributed by atoms with van der Waals surface area (Å²) in [5.41, 5.74) is 2.32. The molecule has 0 aliphatic carbocycles. The third-order valence-corrected chi connectivity index (χ3v) is 3.37. The molecule has 0 radical (unpaired) electrons. The second kappa shape index (κ2) is 4.24. The number of aromatic nitrogens is 2. The molecule has 0 unspecified atom stereocenters. The number of benzene rings is 1. The summed E-state index contributed by atoms with van der Waals surface area (Å²) in [6, 6.07) is 8.95. The zero-order chi connectivity index (χ0) is 13.6. The molecule has 96 valence electrons. The van der Waals surface area contributed by atoms with Crippen LogP contribution >= 0.6 is 11.6 Å². The fourth-order valence-corrected chi connectivity index (χ4v) is 2.03. The van der Waals surface area contributed by atoms with Crippen molar-refractivity contribution in [1.29, 1.82) is 0 Å². The van der Waals surface area contributed by atoms with Crippen molar-refractivity contribution in [1.82, 2.24) is 9.55 Å². The SMILES string of the molecule is Cc1cc2oc(-c3ccc(Cl)cc3)nc2c(=O)n1C. The summed E-state index contributed by atoms with van der Waals surface area (Å²) in [6.45, 7) is 1.85. The summed E-state index contributed by atoms with van der Waals surface area (Å²) in [5.74, 6) is 0.425. The van der Waals surface area contributed by atoms with E-state index < -0.39 is 0 Å². The zero-order valence-corrected chi connectivity index (χ0v) is 11.2. The summed E-state index contributed by atoms with van der Waals surface area (Å²) >= 11 is 5.84. The topological polar surface area (TPSA) is 48.0 Å². The number of pyridine rings is 1. The Kier molecular flexibility index (Phi) is 2.68. The van der Waals surface area contributed by atoms with Crippen molar-refractivity contribution >= 4 is 22.7 Å². The number of aryl methyl sites for hydroxylation is 1. The predicted molar refractivity (Wildman–Crippen MR) is 74.4 cm³/mol. The minimum absolute atomic E-state index is 0.154. The molecule has 0 aliphatic rings. The van der Waals surface area contributed by atoms with E-state index in [1.165, 1.54) is 0 Å². The molecule has 1 aromatic carbocycles. The van der Waals surface area contributed by atoms with Gasteiger partial charge in [-0.15, -0.1) is 0 Å². The van der Waals surface area contributed by atoms with Gasteiger partial charge in [-0.3, -0.25) is 4.79 Å². The van der Waals surface area contributed by atoms with Crippen LogP contribution in [0.3, 0.4) is 0 Å². The first kappa shape index (κ1) is 12.0. The molecule has 0 spiro atoms. The monoisotopic (exact) mass is 274 g/mol. The van der Waals surface area contributed by atoms with Crippen LogP contribution in [0.5, 0.6) is 0 Å². The van der Waals surface area contributed by atoms with E-state index in [-0.39, 0.29) is 5.56 Å². The van der Waals surface area contributed by atoms with Gasteiger partial charge in [0.2, 0.25) is 5.89 Å². The van der Waals surface area contributed by atoms with Crippen molar-refractivity contribution in [2.75, 3.05) is 0 Å². The van der Waals surface area contributed by atoms with Gasteiger partial charge in [0.05, 0.1) is 0 Å². The Morgan fingerprint density at radius 3 is 2.63 bits per heavy atom. The lowest BCUT2D eigenvalue weighted by Crippen LogP contribution is -2.18. The molecule has 2 heterocycles. The van der Waals surface area contributed by atoms with Crippen LogP contribution in [0.4, 0.5) is 0 Å². The Labute approximate surface area is 114 Å². The van der Waals surface area contributed by atoms with Gasteiger partial charge < -0.3 is 8.98 Å². The molecule has 5 heteroatoms. The maximum absolute atomic E-state index is 12.1. The van der Waals surface area contributed by atoms with Crippen LogP contribution in [0.2, 0.25) is 5.02 Å². The first-order valence-electron chi connectivity index (χ1n) is 5.79. The molecule has 0 amide bonds. The van der Waals surface area contributed by atoms with Crippen LogP contribution in [0, 0.1) is 6.92 Å². The van der Waals surface area contributed by atoms with Gasteiger partial charge in [-0.2, -0.15) is 0 Å². The van der Waals surface area contributed by atoms with Gasteiger partial charge in [0.1, 0.15) is 0 Å². The number of hydrogen-bond donors (Lipinski definition) is 0. The van der Waals surface area contributed by atoms with Crippen LogP contribution < -0.4 is 5.56 Å². The van der Waals surface area contributed by atoms with E-state index in [2.05, 4.69) is 4.98 Å². The van der Waals surface area contributed by atoms with Gasteiger partial charge in [0.15, 0.2) is 11.1 Å². The highest BCUT2D eigenvalue weighted by atomic mass is 35.5. The number of oxazole rings is 1. The number of halogens is 1. The molecule has 3 aromatic rings. The van der Waals surface area contributed by atoms with Gasteiger partial charge in [-0.05, 0) is 31.2 Å². The highest BCUT2D eigenvalue weighted by Crippen LogP contribution is 2.24. The minimum Gasteiger partial charge on any atom is -0.436 e. The third kappa shape index (κ3) is 1.94. The second-order valence-corrected chi connectivity index (χ2v) is 4.83. The molecule has 0 saturated heterocycles. The van der Waals surface area contributed by atoms with Crippen molar-refractivity contribution in [3.8, 4) is 11.5 Å². The maximum Gasteiger partial charge on any atom is 0.280 e. The molecule has 0 aliphatic heterocycles. The molecule has 19 heavy (non-hydrogen) atoms. The van der Waals surface area contributed by atoms with Crippen LogP contribution in [-0.4, -0.2) is 9.55 Å². The molecule has 4 nitrogen and oxygen atoms in total. The largest absolute Gasteiger partial charge is 0.436 e. The minimum atomic E-state index is -0.154. The van der Waals surface area contributed by atoms with E-state index in [1.54, 1.807) is 23.7 Å². The molecular weight excluding hydrogens is 264 g/mol. The predicted octanol–water partition coefficient (Wildman–Crippen LogP) is 3.16.